The zero-order chi connectivity index (χ0) is 11.6. The van der Waals surface area contributed by atoms with Crippen LogP contribution in [0.3, 0.4) is 0 Å². The molecule has 3 aliphatic rings. The highest BCUT2D eigenvalue weighted by Crippen LogP contribution is 2.61. The van der Waals surface area contributed by atoms with Crippen LogP contribution in [-0.2, 0) is 24.2 Å². The smallest absolute Gasteiger partial charge is 0.108 e. The summed E-state index contributed by atoms with van der Waals surface area (Å²) in [7, 11) is 1.75. The molecule has 90 valence electrons. The molecule has 0 bridgehead atoms. The second-order valence-electron chi connectivity index (χ2n) is 5.80. The predicted molar refractivity (Wildman–Crippen MR) is 64.6 cm³/mol. The minimum atomic E-state index is 0.683. The standard InChI is InChI=1S/C15H18O2/c1-8-10-3-12-9(6-16-2)7-17-15(12)5-14(10)13-4-11(8)13/h7,11,13-14H,3-6H2,1-2H3. The van der Waals surface area contributed by atoms with E-state index in [1.807, 2.05) is 6.26 Å². The molecule has 1 heterocycles. The largest absolute Gasteiger partial charge is 0.469 e. The molecular formula is C15H18O2. The number of furan rings is 1. The summed E-state index contributed by atoms with van der Waals surface area (Å²) in [4.78, 5) is 0. The van der Waals surface area contributed by atoms with Gasteiger partial charge in [-0.3, -0.25) is 0 Å². The fourth-order valence-corrected chi connectivity index (χ4v) is 4.01. The van der Waals surface area contributed by atoms with Gasteiger partial charge < -0.3 is 9.15 Å². The summed E-state index contributed by atoms with van der Waals surface area (Å²) in [6.45, 7) is 3.03. The molecule has 1 aromatic rings. The zero-order valence-corrected chi connectivity index (χ0v) is 10.5. The maximum atomic E-state index is 5.75. The lowest BCUT2D eigenvalue weighted by Crippen LogP contribution is -2.17. The number of ether oxygens (including phenoxy) is 1. The van der Waals surface area contributed by atoms with E-state index in [0.717, 1.165) is 30.6 Å². The van der Waals surface area contributed by atoms with Gasteiger partial charge in [0.2, 0.25) is 0 Å². The molecule has 0 amide bonds. The summed E-state index contributed by atoms with van der Waals surface area (Å²) in [5, 5.41) is 0. The Morgan fingerprint density at radius 3 is 3.12 bits per heavy atom. The monoisotopic (exact) mass is 230 g/mol. The second kappa shape index (κ2) is 3.26. The normalized spacial score (nSPS) is 33.4. The van der Waals surface area contributed by atoms with E-state index in [4.69, 9.17) is 9.15 Å². The van der Waals surface area contributed by atoms with Crippen LogP contribution >= 0.6 is 0 Å². The van der Waals surface area contributed by atoms with E-state index in [0.29, 0.717) is 6.61 Å². The van der Waals surface area contributed by atoms with E-state index in [-0.39, 0.29) is 0 Å². The molecule has 0 N–H and O–H groups in total. The molecule has 0 spiro atoms. The molecule has 1 fully saturated rings. The number of hydrogen-bond acceptors (Lipinski definition) is 2. The highest BCUT2D eigenvalue weighted by atomic mass is 16.5. The van der Waals surface area contributed by atoms with Crippen LogP contribution in [0.1, 0.15) is 30.2 Å². The highest BCUT2D eigenvalue weighted by molar-refractivity contribution is 5.44. The van der Waals surface area contributed by atoms with Crippen molar-refractivity contribution in [1.82, 2.24) is 0 Å². The molecule has 2 nitrogen and oxygen atoms in total. The maximum absolute atomic E-state index is 5.75. The molecule has 3 atom stereocenters. The summed E-state index contributed by atoms with van der Waals surface area (Å²) >= 11 is 0. The first-order valence-corrected chi connectivity index (χ1v) is 6.56. The maximum Gasteiger partial charge on any atom is 0.108 e. The van der Waals surface area contributed by atoms with Crippen LogP contribution in [0.2, 0.25) is 0 Å². The molecule has 3 aliphatic carbocycles. The summed E-state index contributed by atoms with van der Waals surface area (Å²) in [5.74, 6) is 3.90. The van der Waals surface area contributed by atoms with Crippen molar-refractivity contribution in [2.45, 2.75) is 32.8 Å². The molecule has 2 heteroatoms. The van der Waals surface area contributed by atoms with E-state index in [9.17, 15) is 0 Å². The first kappa shape index (κ1) is 9.95. The number of fused-ring (bicyclic) bond motifs is 4. The Morgan fingerprint density at radius 2 is 2.29 bits per heavy atom. The topological polar surface area (TPSA) is 22.4 Å². The summed E-state index contributed by atoms with van der Waals surface area (Å²) in [6, 6.07) is 0. The van der Waals surface area contributed by atoms with Crippen LogP contribution in [0, 0.1) is 17.8 Å². The quantitative estimate of drug-likeness (QED) is 0.728. The van der Waals surface area contributed by atoms with Crippen LogP contribution in [-0.4, -0.2) is 7.11 Å². The van der Waals surface area contributed by atoms with E-state index in [1.165, 1.54) is 23.3 Å². The van der Waals surface area contributed by atoms with Gasteiger partial charge in [-0.2, -0.15) is 0 Å². The van der Waals surface area contributed by atoms with Gasteiger partial charge in [0.1, 0.15) is 5.76 Å². The van der Waals surface area contributed by atoms with E-state index in [1.54, 1.807) is 18.3 Å². The highest BCUT2D eigenvalue weighted by Gasteiger charge is 2.53. The van der Waals surface area contributed by atoms with Crippen molar-refractivity contribution in [3.63, 3.8) is 0 Å². The second-order valence-corrected chi connectivity index (χ2v) is 5.80. The minimum absolute atomic E-state index is 0.683. The van der Waals surface area contributed by atoms with Gasteiger partial charge >= 0.3 is 0 Å². The van der Waals surface area contributed by atoms with Gasteiger partial charge in [-0.05, 0) is 37.5 Å². The van der Waals surface area contributed by atoms with Crippen molar-refractivity contribution in [2.75, 3.05) is 7.11 Å². The third kappa shape index (κ3) is 1.25. The molecule has 0 saturated heterocycles. The molecule has 17 heavy (non-hydrogen) atoms. The van der Waals surface area contributed by atoms with Gasteiger partial charge in [0, 0.05) is 24.7 Å². The average Bonchev–Trinajstić information content (AvgIpc) is 2.98. The Morgan fingerprint density at radius 1 is 1.41 bits per heavy atom. The Bertz CT molecular complexity index is 509. The fraction of sp³-hybridized carbons (Fsp3) is 0.600. The molecule has 0 aliphatic heterocycles. The minimum Gasteiger partial charge on any atom is -0.469 e. The SMILES string of the molecule is COCc1coc2c1CC1=C(C)C3CC3C1C2. The summed E-state index contributed by atoms with van der Waals surface area (Å²) in [6.07, 6.45) is 5.58. The fourth-order valence-electron chi connectivity index (χ4n) is 4.01. The lowest BCUT2D eigenvalue weighted by atomic mass is 9.81. The van der Waals surface area contributed by atoms with Crippen LogP contribution < -0.4 is 0 Å². The number of methoxy groups -OCH3 is 1. The van der Waals surface area contributed by atoms with Crippen LogP contribution in [0.5, 0.6) is 0 Å². The van der Waals surface area contributed by atoms with Crippen molar-refractivity contribution in [2.24, 2.45) is 17.8 Å². The number of hydrogen-bond donors (Lipinski definition) is 0. The Hall–Kier alpha value is -1.02. The van der Waals surface area contributed by atoms with Gasteiger partial charge in [0.05, 0.1) is 12.9 Å². The summed E-state index contributed by atoms with van der Waals surface area (Å²) in [5.41, 5.74) is 6.08. The third-order valence-corrected chi connectivity index (χ3v) is 5.01. The van der Waals surface area contributed by atoms with E-state index in [2.05, 4.69) is 6.92 Å². The predicted octanol–water partition coefficient (Wildman–Crippen LogP) is 3.11. The van der Waals surface area contributed by atoms with Gasteiger partial charge in [-0.25, -0.2) is 0 Å². The van der Waals surface area contributed by atoms with Crippen molar-refractivity contribution in [1.29, 1.82) is 0 Å². The lowest BCUT2D eigenvalue weighted by Gasteiger charge is -2.23. The van der Waals surface area contributed by atoms with Gasteiger partial charge in [0.25, 0.3) is 0 Å². The van der Waals surface area contributed by atoms with Crippen LogP contribution in [0.15, 0.2) is 21.8 Å². The van der Waals surface area contributed by atoms with E-state index < -0.39 is 0 Å². The molecular weight excluding hydrogens is 212 g/mol. The molecule has 4 rings (SSSR count). The molecule has 0 radical (unpaired) electrons. The molecule has 1 saturated carbocycles. The van der Waals surface area contributed by atoms with Crippen molar-refractivity contribution in [3.05, 3.63) is 34.3 Å². The van der Waals surface area contributed by atoms with Crippen molar-refractivity contribution >= 4 is 0 Å². The van der Waals surface area contributed by atoms with E-state index >= 15 is 0 Å². The summed E-state index contributed by atoms with van der Waals surface area (Å²) < 4.78 is 11.0. The lowest BCUT2D eigenvalue weighted by molar-refractivity contribution is 0.183. The Kier molecular flexibility index (Phi) is 1.91. The zero-order valence-electron chi connectivity index (χ0n) is 10.5. The van der Waals surface area contributed by atoms with Gasteiger partial charge in [-0.1, -0.05) is 11.1 Å². The first-order chi connectivity index (χ1) is 8.29. The number of allylic oxidation sites excluding steroid dienone is 2. The molecule has 0 aromatic carbocycles. The van der Waals surface area contributed by atoms with Crippen LogP contribution in [0.4, 0.5) is 0 Å². The van der Waals surface area contributed by atoms with Gasteiger partial charge in [0.15, 0.2) is 0 Å². The molecule has 3 unspecified atom stereocenters. The van der Waals surface area contributed by atoms with Crippen LogP contribution in [0.25, 0.3) is 0 Å². The molecule has 1 aromatic heterocycles. The van der Waals surface area contributed by atoms with Crippen molar-refractivity contribution in [3.8, 4) is 0 Å². The van der Waals surface area contributed by atoms with Crippen molar-refractivity contribution < 1.29 is 9.15 Å². The third-order valence-electron chi connectivity index (χ3n) is 5.01. The Labute approximate surface area is 102 Å². The van der Waals surface area contributed by atoms with Gasteiger partial charge in [-0.15, -0.1) is 0 Å². The number of rotatable bonds is 2. The Balaban J connectivity index is 1.74. The first-order valence-electron chi connectivity index (χ1n) is 6.56. The average molecular weight is 230 g/mol.